The van der Waals surface area contributed by atoms with Crippen LogP contribution in [0, 0.1) is 41.9 Å². The van der Waals surface area contributed by atoms with Crippen LogP contribution in [0.15, 0.2) is 0 Å². The zero-order valence-corrected chi connectivity index (χ0v) is 14.6. The van der Waals surface area contributed by atoms with Gasteiger partial charge in [-0.1, -0.05) is 64.2 Å². The van der Waals surface area contributed by atoms with Gasteiger partial charge in [-0.3, -0.25) is 0 Å². The standard InChI is InChI=1S/C22H37/c1-2-8-21-16-17(12-14-18(21)6-1)13-15-20-10-5-9-19-7-3-4-11-22(19)20/h13,17-22H,1-12,14-16H2. The van der Waals surface area contributed by atoms with Crippen LogP contribution in [0.4, 0.5) is 0 Å². The molecule has 22 heavy (non-hydrogen) atoms. The lowest BCUT2D eigenvalue weighted by atomic mass is 9.63. The molecule has 4 saturated carbocycles. The third-order valence-electron chi connectivity index (χ3n) is 8.08. The molecule has 125 valence electrons. The van der Waals surface area contributed by atoms with Crippen LogP contribution < -0.4 is 0 Å². The Morgan fingerprint density at radius 3 is 2.23 bits per heavy atom. The van der Waals surface area contributed by atoms with Crippen LogP contribution in [0.5, 0.6) is 0 Å². The Hall–Kier alpha value is 0. The van der Waals surface area contributed by atoms with Crippen molar-refractivity contribution in [2.45, 2.75) is 96.3 Å². The fourth-order valence-electron chi connectivity index (χ4n) is 6.86. The van der Waals surface area contributed by atoms with Crippen molar-refractivity contribution in [3.63, 3.8) is 0 Å². The van der Waals surface area contributed by atoms with E-state index in [1.54, 1.807) is 51.4 Å². The van der Waals surface area contributed by atoms with Crippen LogP contribution in [-0.4, -0.2) is 0 Å². The lowest BCUT2D eigenvalue weighted by Gasteiger charge is -2.43. The van der Waals surface area contributed by atoms with Crippen LogP contribution >= 0.6 is 0 Å². The van der Waals surface area contributed by atoms with Crippen molar-refractivity contribution in [2.75, 3.05) is 0 Å². The Labute approximate surface area is 138 Å². The van der Waals surface area contributed by atoms with Crippen molar-refractivity contribution in [1.29, 1.82) is 0 Å². The van der Waals surface area contributed by atoms with Crippen molar-refractivity contribution in [2.24, 2.45) is 35.5 Å². The molecule has 0 heterocycles. The Kier molecular flexibility index (Phi) is 5.13. The van der Waals surface area contributed by atoms with Gasteiger partial charge >= 0.3 is 0 Å². The molecule has 4 aliphatic rings. The van der Waals surface area contributed by atoms with Crippen molar-refractivity contribution in [3.05, 3.63) is 6.42 Å². The van der Waals surface area contributed by atoms with Gasteiger partial charge in [0.1, 0.15) is 0 Å². The van der Waals surface area contributed by atoms with Gasteiger partial charge in [-0.2, -0.15) is 0 Å². The maximum Gasteiger partial charge on any atom is -0.0352 e. The first-order valence-electron chi connectivity index (χ1n) is 10.7. The van der Waals surface area contributed by atoms with Crippen molar-refractivity contribution in [3.8, 4) is 0 Å². The van der Waals surface area contributed by atoms with Gasteiger partial charge < -0.3 is 0 Å². The summed E-state index contributed by atoms with van der Waals surface area (Å²) >= 11 is 0. The normalized spacial score (nSPS) is 45.8. The van der Waals surface area contributed by atoms with E-state index in [4.69, 9.17) is 0 Å². The molecule has 0 bridgehead atoms. The SMILES string of the molecule is [CH](CC1CCCC2CCCCC12)C1CCC2CCCCC2C1. The predicted octanol–water partition coefficient (Wildman–Crippen LogP) is 6.79. The maximum atomic E-state index is 2.83. The number of rotatable bonds is 3. The molecule has 4 fully saturated rings. The van der Waals surface area contributed by atoms with Gasteiger partial charge in [0.25, 0.3) is 0 Å². The molecule has 6 atom stereocenters. The van der Waals surface area contributed by atoms with Gasteiger partial charge in [0.05, 0.1) is 0 Å². The molecule has 0 N–H and O–H groups in total. The van der Waals surface area contributed by atoms with Crippen LogP contribution in [-0.2, 0) is 0 Å². The lowest BCUT2D eigenvalue weighted by Crippen LogP contribution is -2.32. The van der Waals surface area contributed by atoms with E-state index in [1.807, 2.05) is 0 Å². The molecule has 1 radical (unpaired) electrons. The van der Waals surface area contributed by atoms with E-state index in [0.29, 0.717) is 0 Å². The molecule has 4 rings (SSSR count). The minimum Gasteiger partial charge on any atom is -0.0530 e. The second-order valence-corrected chi connectivity index (χ2v) is 9.25. The second kappa shape index (κ2) is 7.27. The average molecular weight is 302 g/mol. The van der Waals surface area contributed by atoms with Crippen molar-refractivity contribution >= 4 is 0 Å². The third-order valence-corrected chi connectivity index (χ3v) is 8.08. The van der Waals surface area contributed by atoms with Gasteiger partial charge in [0, 0.05) is 0 Å². The molecular formula is C22H37. The highest BCUT2D eigenvalue weighted by atomic mass is 14.4. The third kappa shape index (κ3) is 3.41. The molecular weight excluding hydrogens is 264 g/mol. The first-order valence-corrected chi connectivity index (χ1v) is 10.7. The van der Waals surface area contributed by atoms with E-state index < -0.39 is 0 Å². The summed E-state index contributed by atoms with van der Waals surface area (Å²) in [4.78, 5) is 0. The molecule has 0 aliphatic heterocycles. The minimum absolute atomic E-state index is 0.989. The Balaban J connectivity index is 1.27. The van der Waals surface area contributed by atoms with Crippen LogP contribution in [0.25, 0.3) is 0 Å². The molecule has 6 unspecified atom stereocenters. The fourth-order valence-corrected chi connectivity index (χ4v) is 6.86. The van der Waals surface area contributed by atoms with E-state index in [-0.39, 0.29) is 0 Å². The molecule has 0 aromatic rings. The van der Waals surface area contributed by atoms with Crippen molar-refractivity contribution < 1.29 is 0 Å². The van der Waals surface area contributed by atoms with E-state index >= 15 is 0 Å². The molecule has 0 nitrogen and oxygen atoms in total. The van der Waals surface area contributed by atoms with Gasteiger partial charge in [-0.25, -0.2) is 0 Å². The Morgan fingerprint density at radius 1 is 0.591 bits per heavy atom. The highest BCUT2D eigenvalue weighted by Crippen LogP contribution is 2.47. The van der Waals surface area contributed by atoms with Gasteiger partial charge in [-0.05, 0) is 74.0 Å². The number of hydrogen-bond acceptors (Lipinski definition) is 0. The van der Waals surface area contributed by atoms with E-state index in [9.17, 15) is 0 Å². The quantitative estimate of drug-likeness (QED) is 0.538. The summed E-state index contributed by atoms with van der Waals surface area (Å²) in [6, 6.07) is 0. The summed E-state index contributed by atoms with van der Waals surface area (Å²) in [6.07, 6.45) is 26.0. The highest BCUT2D eigenvalue weighted by Gasteiger charge is 2.36. The lowest BCUT2D eigenvalue weighted by molar-refractivity contribution is 0.0954. The van der Waals surface area contributed by atoms with Gasteiger partial charge in [-0.15, -0.1) is 0 Å². The molecule has 0 aromatic carbocycles. The first-order chi connectivity index (χ1) is 10.9. The number of fused-ring (bicyclic) bond motifs is 2. The van der Waals surface area contributed by atoms with Crippen molar-refractivity contribution in [1.82, 2.24) is 0 Å². The zero-order chi connectivity index (χ0) is 14.8. The minimum atomic E-state index is 0.989. The Morgan fingerprint density at radius 2 is 1.32 bits per heavy atom. The molecule has 0 heteroatoms. The predicted molar refractivity (Wildman–Crippen MR) is 94.5 cm³/mol. The fraction of sp³-hybridized carbons (Fsp3) is 0.955. The average Bonchev–Trinajstić information content (AvgIpc) is 2.60. The van der Waals surface area contributed by atoms with Crippen LogP contribution in [0.1, 0.15) is 96.3 Å². The topological polar surface area (TPSA) is 0 Å². The zero-order valence-electron chi connectivity index (χ0n) is 14.6. The summed E-state index contributed by atoms with van der Waals surface area (Å²) in [6.45, 7) is 0. The molecule has 0 spiro atoms. The second-order valence-electron chi connectivity index (χ2n) is 9.25. The first kappa shape index (κ1) is 15.5. The monoisotopic (exact) mass is 301 g/mol. The highest BCUT2D eigenvalue weighted by molar-refractivity contribution is 4.92. The van der Waals surface area contributed by atoms with E-state index in [1.165, 1.54) is 44.9 Å². The van der Waals surface area contributed by atoms with Gasteiger partial charge in [0.2, 0.25) is 0 Å². The largest absolute Gasteiger partial charge is 0.0530 e. The smallest absolute Gasteiger partial charge is 0.0352 e. The molecule has 0 amide bonds. The summed E-state index contributed by atoms with van der Waals surface area (Å²) in [5.41, 5.74) is 0. The van der Waals surface area contributed by atoms with Crippen LogP contribution in [0.3, 0.4) is 0 Å². The maximum absolute atomic E-state index is 2.83. The summed E-state index contributed by atoms with van der Waals surface area (Å²) in [7, 11) is 0. The van der Waals surface area contributed by atoms with E-state index in [0.717, 1.165) is 35.5 Å². The van der Waals surface area contributed by atoms with E-state index in [2.05, 4.69) is 6.42 Å². The van der Waals surface area contributed by atoms with Crippen LogP contribution in [0.2, 0.25) is 0 Å². The Bertz CT molecular complexity index is 344. The summed E-state index contributed by atoms with van der Waals surface area (Å²) < 4.78 is 0. The molecule has 4 aliphatic carbocycles. The summed E-state index contributed by atoms with van der Waals surface area (Å²) in [5, 5.41) is 0. The number of hydrogen-bond donors (Lipinski definition) is 0. The summed E-state index contributed by atoms with van der Waals surface area (Å²) in [5.74, 6) is 6.53. The molecule has 0 aromatic heterocycles. The van der Waals surface area contributed by atoms with Gasteiger partial charge in [0.15, 0.2) is 0 Å². The molecule has 0 saturated heterocycles.